The first-order valence-corrected chi connectivity index (χ1v) is 5.47. The van der Waals surface area contributed by atoms with E-state index in [0.29, 0.717) is 12.2 Å². The average molecular weight is 243 g/mol. The van der Waals surface area contributed by atoms with Gasteiger partial charge in [-0.15, -0.1) is 0 Å². The van der Waals surface area contributed by atoms with Gasteiger partial charge < -0.3 is 15.7 Å². The van der Waals surface area contributed by atoms with Gasteiger partial charge in [0.15, 0.2) is 0 Å². The van der Waals surface area contributed by atoms with Gasteiger partial charge in [-0.05, 0) is 23.8 Å². The molecule has 0 fully saturated rings. The van der Waals surface area contributed by atoms with Crippen LogP contribution in [0, 0.1) is 0 Å². The van der Waals surface area contributed by atoms with Gasteiger partial charge in [0.2, 0.25) is 0 Å². The Morgan fingerprint density at radius 2 is 2.17 bits per heavy atom. The predicted molar refractivity (Wildman–Crippen MR) is 68.2 cm³/mol. The summed E-state index contributed by atoms with van der Waals surface area (Å²) in [5.41, 5.74) is 1.46. The summed E-state index contributed by atoms with van der Waals surface area (Å²) in [6.45, 7) is 0.401. The second-order valence-electron chi connectivity index (χ2n) is 3.72. The maximum absolute atomic E-state index is 11.6. The van der Waals surface area contributed by atoms with E-state index in [1.165, 1.54) is 6.07 Å². The molecule has 0 unspecified atom stereocenters. The molecule has 0 bridgehead atoms. The van der Waals surface area contributed by atoms with Crippen molar-refractivity contribution in [2.75, 3.05) is 5.32 Å². The highest BCUT2D eigenvalue weighted by atomic mass is 16.3. The highest BCUT2D eigenvalue weighted by Crippen LogP contribution is 2.14. The number of aromatic nitrogens is 1. The smallest absolute Gasteiger partial charge is 0.319 e. The molecule has 5 heteroatoms. The van der Waals surface area contributed by atoms with Gasteiger partial charge in [-0.2, -0.15) is 0 Å². The lowest BCUT2D eigenvalue weighted by Gasteiger charge is -2.07. The number of nitrogens with zero attached hydrogens (tertiary/aromatic N) is 1. The van der Waals surface area contributed by atoms with Crippen molar-refractivity contribution in [3.05, 3.63) is 54.4 Å². The lowest BCUT2D eigenvalue weighted by Crippen LogP contribution is -2.28. The molecule has 1 heterocycles. The number of amides is 2. The molecule has 18 heavy (non-hydrogen) atoms. The molecule has 92 valence electrons. The number of carbonyl (C=O) groups excluding carboxylic acids is 1. The number of nitrogens with one attached hydrogen (secondary N) is 2. The van der Waals surface area contributed by atoms with E-state index >= 15 is 0 Å². The molecule has 2 aromatic rings. The molecule has 0 saturated carbocycles. The SMILES string of the molecule is O=C(NCc1cccnc1)Nc1cccc(O)c1. The minimum Gasteiger partial charge on any atom is -0.508 e. The lowest BCUT2D eigenvalue weighted by atomic mass is 10.3. The Bertz CT molecular complexity index is 529. The van der Waals surface area contributed by atoms with Crippen LogP contribution in [0.1, 0.15) is 5.56 Å². The molecule has 2 rings (SSSR count). The third kappa shape index (κ3) is 3.48. The summed E-state index contributed by atoms with van der Waals surface area (Å²) in [6, 6.07) is 9.73. The zero-order valence-electron chi connectivity index (χ0n) is 9.63. The Hall–Kier alpha value is -2.56. The van der Waals surface area contributed by atoms with Crippen molar-refractivity contribution in [1.29, 1.82) is 0 Å². The third-order valence-electron chi connectivity index (χ3n) is 2.28. The van der Waals surface area contributed by atoms with Gasteiger partial charge in [0.1, 0.15) is 5.75 Å². The largest absolute Gasteiger partial charge is 0.508 e. The zero-order chi connectivity index (χ0) is 12.8. The number of carbonyl (C=O) groups is 1. The quantitative estimate of drug-likeness (QED) is 0.772. The van der Waals surface area contributed by atoms with Crippen LogP contribution in [0.4, 0.5) is 10.5 Å². The topological polar surface area (TPSA) is 74.2 Å². The number of urea groups is 1. The van der Waals surface area contributed by atoms with E-state index in [4.69, 9.17) is 0 Å². The summed E-state index contributed by atoms with van der Waals surface area (Å²) in [5, 5.41) is 14.6. The summed E-state index contributed by atoms with van der Waals surface area (Å²) in [4.78, 5) is 15.5. The number of rotatable bonds is 3. The first-order valence-electron chi connectivity index (χ1n) is 5.47. The molecular weight excluding hydrogens is 230 g/mol. The van der Waals surface area contributed by atoms with E-state index in [1.807, 2.05) is 12.1 Å². The van der Waals surface area contributed by atoms with E-state index in [-0.39, 0.29) is 11.8 Å². The maximum Gasteiger partial charge on any atom is 0.319 e. The predicted octanol–water partition coefficient (Wildman–Crippen LogP) is 2.11. The lowest BCUT2D eigenvalue weighted by molar-refractivity contribution is 0.251. The van der Waals surface area contributed by atoms with Crippen LogP contribution in [0.5, 0.6) is 5.75 Å². The Morgan fingerprint density at radius 1 is 1.28 bits per heavy atom. The fourth-order valence-electron chi connectivity index (χ4n) is 1.44. The van der Waals surface area contributed by atoms with Gasteiger partial charge in [0.25, 0.3) is 0 Å². The number of hydrogen-bond donors (Lipinski definition) is 3. The van der Waals surface area contributed by atoms with Crippen molar-refractivity contribution in [2.24, 2.45) is 0 Å². The molecule has 0 aliphatic heterocycles. The highest BCUT2D eigenvalue weighted by Gasteiger charge is 2.01. The zero-order valence-corrected chi connectivity index (χ0v) is 9.63. The van der Waals surface area contributed by atoms with E-state index in [2.05, 4.69) is 15.6 Å². The van der Waals surface area contributed by atoms with Crippen molar-refractivity contribution in [3.63, 3.8) is 0 Å². The molecular formula is C13H13N3O2. The summed E-state index contributed by atoms with van der Waals surface area (Å²) in [7, 11) is 0. The number of hydrogen-bond acceptors (Lipinski definition) is 3. The highest BCUT2D eigenvalue weighted by molar-refractivity contribution is 5.89. The number of phenolic OH excluding ortho intramolecular Hbond substituents is 1. The molecule has 1 aromatic heterocycles. The van der Waals surface area contributed by atoms with Gasteiger partial charge >= 0.3 is 6.03 Å². The van der Waals surface area contributed by atoms with Crippen LogP contribution >= 0.6 is 0 Å². The van der Waals surface area contributed by atoms with Gasteiger partial charge in [-0.1, -0.05) is 12.1 Å². The van der Waals surface area contributed by atoms with Crippen LogP contribution in [0.2, 0.25) is 0 Å². The molecule has 3 N–H and O–H groups in total. The summed E-state index contributed by atoms with van der Waals surface area (Å²) in [6.07, 6.45) is 3.37. The van der Waals surface area contributed by atoms with Crippen LogP contribution < -0.4 is 10.6 Å². The molecule has 0 atom stereocenters. The molecule has 0 aliphatic rings. The standard InChI is InChI=1S/C13H13N3O2/c17-12-5-1-4-11(7-12)16-13(18)15-9-10-3-2-6-14-8-10/h1-8,17H,9H2,(H2,15,16,18). The molecule has 0 saturated heterocycles. The Labute approximate surface area is 104 Å². The fourth-order valence-corrected chi connectivity index (χ4v) is 1.44. The van der Waals surface area contributed by atoms with Crippen LogP contribution in [-0.4, -0.2) is 16.1 Å². The minimum atomic E-state index is -0.329. The van der Waals surface area contributed by atoms with Crippen LogP contribution in [-0.2, 0) is 6.54 Å². The number of pyridine rings is 1. The first kappa shape index (κ1) is 11.9. The fraction of sp³-hybridized carbons (Fsp3) is 0.0769. The monoisotopic (exact) mass is 243 g/mol. The second-order valence-corrected chi connectivity index (χ2v) is 3.72. The molecule has 0 spiro atoms. The molecule has 0 radical (unpaired) electrons. The molecule has 1 aromatic carbocycles. The maximum atomic E-state index is 11.6. The molecule has 0 aliphatic carbocycles. The number of aromatic hydroxyl groups is 1. The first-order chi connectivity index (χ1) is 8.74. The number of phenols is 1. The Balaban J connectivity index is 1.86. The van der Waals surface area contributed by atoms with Crippen LogP contribution in [0.15, 0.2) is 48.8 Å². The molecule has 2 amide bonds. The van der Waals surface area contributed by atoms with Crippen molar-refractivity contribution in [3.8, 4) is 5.75 Å². The van der Waals surface area contributed by atoms with E-state index < -0.39 is 0 Å². The van der Waals surface area contributed by atoms with Crippen molar-refractivity contribution < 1.29 is 9.90 Å². The van der Waals surface area contributed by atoms with Gasteiger partial charge in [0, 0.05) is 30.7 Å². The Kier molecular flexibility index (Phi) is 3.76. The van der Waals surface area contributed by atoms with Gasteiger partial charge in [-0.3, -0.25) is 4.98 Å². The number of benzene rings is 1. The van der Waals surface area contributed by atoms with Crippen molar-refractivity contribution >= 4 is 11.7 Å². The summed E-state index contributed by atoms with van der Waals surface area (Å²) in [5.74, 6) is 0.111. The van der Waals surface area contributed by atoms with Crippen LogP contribution in [0.3, 0.4) is 0 Å². The van der Waals surface area contributed by atoms with Crippen molar-refractivity contribution in [1.82, 2.24) is 10.3 Å². The van der Waals surface area contributed by atoms with E-state index in [0.717, 1.165) is 5.56 Å². The van der Waals surface area contributed by atoms with Crippen LogP contribution in [0.25, 0.3) is 0 Å². The second kappa shape index (κ2) is 5.67. The van der Waals surface area contributed by atoms with E-state index in [1.54, 1.807) is 30.6 Å². The molecule has 5 nitrogen and oxygen atoms in total. The number of anilines is 1. The summed E-state index contributed by atoms with van der Waals surface area (Å²) < 4.78 is 0. The Morgan fingerprint density at radius 3 is 2.89 bits per heavy atom. The third-order valence-corrected chi connectivity index (χ3v) is 2.28. The summed E-state index contributed by atoms with van der Waals surface area (Å²) >= 11 is 0. The normalized spacial score (nSPS) is 9.78. The minimum absolute atomic E-state index is 0.111. The van der Waals surface area contributed by atoms with Gasteiger partial charge in [0.05, 0.1) is 0 Å². The van der Waals surface area contributed by atoms with Crippen molar-refractivity contribution in [2.45, 2.75) is 6.54 Å². The van der Waals surface area contributed by atoms with E-state index in [9.17, 15) is 9.90 Å². The average Bonchev–Trinajstić information content (AvgIpc) is 2.38. The van der Waals surface area contributed by atoms with Gasteiger partial charge in [-0.25, -0.2) is 4.79 Å².